The lowest BCUT2D eigenvalue weighted by atomic mass is 10.2. The van der Waals surface area contributed by atoms with Crippen LogP contribution in [0.25, 0.3) is 0 Å². The van der Waals surface area contributed by atoms with Gasteiger partial charge in [0.25, 0.3) is 0 Å². The van der Waals surface area contributed by atoms with Gasteiger partial charge in [-0.1, -0.05) is 17.7 Å². The maximum Gasteiger partial charge on any atom is 0.307 e. The highest BCUT2D eigenvalue weighted by atomic mass is 32.2. The normalized spacial score (nSPS) is 11.6. The van der Waals surface area contributed by atoms with E-state index in [-0.39, 0.29) is 4.90 Å². The van der Waals surface area contributed by atoms with E-state index in [1.807, 2.05) is 6.92 Å². The van der Waals surface area contributed by atoms with E-state index in [1.54, 1.807) is 12.1 Å². The van der Waals surface area contributed by atoms with Gasteiger partial charge in [-0.2, -0.15) is 0 Å². The van der Waals surface area contributed by atoms with E-state index < -0.39 is 15.8 Å². The third kappa shape index (κ3) is 3.51. The van der Waals surface area contributed by atoms with Crippen LogP contribution in [0.2, 0.25) is 0 Å². The molecule has 0 radical (unpaired) electrons. The largest absolute Gasteiger partial charge is 0.434 e. The van der Waals surface area contributed by atoms with Crippen LogP contribution in [0.3, 0.4) is 0 Å². The molecule has 0 aliphatic carbocycles. The van der Waals surface area contributed by atoms with Crippen LogP contribution in [0, 0.1) is 6.92 Å². The summed E-state index contributed by atoms with van der Waals surface area (Å²) >= 11 is 0. The van der Waals surface area contributed by atoms with Crippen molar-refractivity contribution in [3.8, 4) is 0 Å². The Labute approximate surface area is 94.5 Å². The molecule has 1 aromatic rings. The number of carbonyl (C=O) groups is 1. The molecule has 0 saturated heterocycles. The average Bonchev–Trinajstić information content (AvgIpc) is 2.17. The van der Waals surface area contributed by atoms with Crippen molar-refractivity contribution < 1.29 is 17.9 Å². The first-order valence-electron chi connectivity index (χ1n) is 4.57. The van der Waals surface area contributed by atoms with Crippen LogP contribution < -0.4 is 0 Å². The van der Waals surface area contributed by atoms with E-state index in [1.165, 1.54) is 19.1 Å². The number of esters is 1. The van der Waals surface area contributed by atoms with Gasteiger partial charge in [-0.25, -0.2) is 8.42 Å². The van der Waals surface area contributed by atoms with Crippen LogP contribution in [0.15, 0.2) is 40.8 Å². The molecule has 0 unspecified atom stereocenters. The lowest BCUT2D eigenvalue weighted by molar-refractivity contribution is -0.135. The summed E-state index contributed by atoms with van der Waals surface area (Å²) < 4.78 is 27.7. The van der Waals surface area contributed by atoms with E-state index in [4.69, 9.17) is 0 Å². The van der Waals surface area contributed by atoms with Gasteiger partial charge in [0.1, 0.15) is 6.26 Å². The molecular formula is C11H12O4S. The van der Waals surface area contributed by atoms with Gasteiger partial charge in [0.05, 0.1) is 10.3 Å². The molecule has 0 spiro atoms. The van der Waals surface area contributed by atoms with Crippen molar-refractivity contribution in [3.05, 3.63) is 41.5 Å². The number of benzene rings is 1. The number of rotatable bonds is 3. The van der Waals surface area contributed by atoms with Gasteiger partial charge in [-0.3, -0.25) is 4.79 Å². The summed E-state index contributed by atoms with van der Waals surface area (Å²) in [6.45, 7) is 3.06. The van der Waals surface area contributed by atoms with E-state index in [9.17, 15) is 13.2 Å². The standard InChI is InChI=1S/C11H12O4S/c1-9-3-5-11(6-4-9)16(13,14)8-7-15-10(2)12/h3-8H,1-2H3/b8-7-. The second-order valence-electron chi connectivity index (χ2n) is 3.24. The van der Waals surface area contributed by atoms with Crippen LogP contribution in [0.4, 0.5) is 0 Å². The molecular weight excluding hydrogens is 228 g/mol. The molecule has 0 N–H and O–H groups in total. The monoisotopic (exact) mass is 240 g/mol. The smallest absolute Gasteiger partial charge is 0.307 e. The molecule has 5 heteroatoms. The van der Waals surface area contributed by atoms with Crippen molar-refractivity contribution in [2.24, 2.45) is 0 Å². The van der Waals surface area contributed by atoms with Crippen molar-refractivity contribution in [1.82, 2.24) is 0 Å². The molecule has 0 heterocycles. The van der Waals surface area contributed by atoms with E-state index in [2.05, 4.69) is 4.74 Å². The van der Waals surface area contributed by atoms with Crippen LogP contribution in [0.1, 0.15) is 12.5 Å². The summed E-state index contributed by atoms with van der Waals surface area (Å²) in [5.41, 5.74) is 0.975. The summed E-state index contributed by atoms with van der Waals surface area (Å²) in [5.74, 6) is -0.560. The number of hydrogen-bond donors (Lipinski definition) is 0. The Morgan fingerprint density at radius 2 is 1.81 bits per heavy atom. The summed E-state index contributed by atoms with van der Waals surface area (Å²) in [4.78, 5) is 10.6. The number of sulfone groups is 1. The van der Waals surface area contributed by atoms with Gasteiger partial charge < -0.3 is 4.74 Å². The fourth-order valence-corrected chi connectivity index (χ4v) is 1.88. The van der Waals surface area contributed by atoms with Gasteiger partial charge in [-0.05, 0) is 19.1 Å². The molecule has 1 rings (SSSR count). The van der Waals surface area contributed by atoms with Crippen molar-refractivity contribution in [2.45, 2.75) is 18.7 Å². The van der Waals surface area contributed by atoms with Crippen molar-refractivity contribution >= 4 is 15.8 Å². The quantitative estimate of drug-likeness (QED) is 0.597. The van der Waals surface area contributed by atoms with Gasteiger partial charge in [0.2, 0.25) is 9.84 Å². The fraction of sp³-hybridized carbons (Fsp3) is 0.182. The van der Waals surface area contributed by atoms with Gasteiger partial charge in [-0.15, -0.1) is 0 Å². The van der Waals surface area contributed by atoms with Crippen LogP contribution in [0.5, 0.6) is 0 Å². The molecule has 0 saturated carbocycles. The lowest BCUT2D eigenvalue weighted by Gasteiger charge is -1.99. The Bertz CT molecular complexity index is 497. The van der Waals surface area contributed by atoms with E-state index in [0.717, 1.165) is 17.2 Å². The Morgan fingerprint density at radius 3 is 2.31 bits per heavy atom. The third-order valence-electron chi connectivity index (χ3n) is 1.82. The minimum atomic E-state index is -3.53. The van der Waals surface area contributed by atoms with Crippen LogP contribution >= 0.6 is 0 Å². The predicted octanol–water partition coefficient (Wildman–Crippen LogP) is 1.80. The highest BCUT2D eigenvalue weighted by Crippen LogP contribution is 2.12. The van der Waals surface area contributed by atoms with Crippen LogP contribution in [-0.4, -0.2) is 14.4 Å². The fourth-order valence-electron chi connectivity index (χ4n) is 1.00. The Morgan fingerprint density at radius 1 is 1.25 bits per heavy atom. The molecule has 0 aliphatic heterocycles. The second kappa shape index (κ2) is 4.94. The number of ether oxygens (including phenoxy) is 1. The minimum absolute atomic E-state index is 0.168. The zero-order valence-corrected chi connectivity index (χ0v) is 9.82. The highest BCUT2D eigenvalue weighted by molar-refractivity contribution is 7.94. The lowest BCUT2D eigenvalue weighted by Crippen LogP contribution is -1.97. The van der Waals surface area contributed by atoms with Crippen molar-refractivity contribution in [3.63, 3.8) is 0 Å². The molecule has 1 aromatic carbocycles. The van der Waals surface area contributed by atoms with Crippen molar-refractivity contribution in [2.75, 3.05) is 0 Å². The molecule has 0 aliphatic rings. The second-order valence-corrected chi connectivity index (χ2v) is 5.07. The molecule has 16 heavy (non-hydrogen) atoms. The van der Waals surface area contributed by atoms with E-state index >= 15 is 0 Å². The Balaban J connectivity index is 2.90. The molecule has 0 fully saturated rings. The summed E-state index contributed by atoms with van der Waals surface area (Å²) in [6, 6.07) is 6.41. The Kier molecular flexibility index (Phi) is 3.84. The molecule has 4 nitrogen and oxygen atoms in total. The molecule has 0 atom stereocenters. The van der Waals surface area contributed by atoms with Crippen molar-refractivity contribution in [1.29, 1.82) is 0 Å². The predicted molar refractivity (Wildman–Crippen MR) is 59.3 cm³/mol. The summed E-state index contributed by atoms with van der Waals surface area (Å²) in [7, 11) is -3.53. The van der Waals surface area contributed by atoms with E-state index in [0.29, 0.717) is 0 Å². The number of carbonyl (C=O) groups excluding carboxylic acids is 1. The first-order chi connectivity index (χ1) is 7.42. The molecule has 0 bridgehead atoms. The van der Waals surface area contributed by atoms with Crippen LogP contribution in [-0.2, 0) is 19.4 Å². The molecule has 0 aromatic heterocycles. The zero-order chi connectivity index (χ0) is 12.2. The highest BCUT2D eigenvalue weighted by Gasteiger charge is 2.09. The SMILES string of the molecule is CC(=O)O/C=C\S(=O)(=O)c1ccc(C)cc1. The first kappa shape index (κ1) is 12.4. The minimum Gasteiger partial charge on any atom is -0.434 e. The molecule has 0 amide bonds. The van der Waals surface area contributed by atoms with Gasteiger partial charge in [0.15, 0.2) is 0 Å². The Hall–Kier alpha value is -1.62. The summed E-state index contributed by atoms with van der Waals surface area (Å²) in [6.07, 6.45) is 0.873. The zero-order valence-electron chi connectivity index (χ0n) is 9.01. The topological polar surface area (TPSA) is 60.4 Å². The maximum absolute atomic E-state index is 11.6. The number of aryl methyl sites for hydroxylation is 1. The summed E-state index contributed by atoms with van der Waals surface area (Å²) in [5, 5.41) is 0.860. The third-order valence-corrected chi connectivity index (χ3v) is 3.22. The maximum atomic E-state index is 11.6. The van der Waals surface area contributed by atoms with Gasteiger partial charge in [0, 0.05) is 6.92 Å². The number of hydrogen-bond acceptors (Lipinski definition) is 4. The first-order valence-corrected chi connectivity index (χ1v) is 6.12. The average molecular weight is 240 g/mol. The molecule has 86 valence electrons. The van der Waals surface area contributed by atoms with Gasteiger partial charge >= 0.3 is 5.97 Å².